The van der Waals surface area contributed by atoms with Gasteiger partial charge in [0.15, 0.2) is 0 Å². The Balaban J connectivity index is 2.34. The fourth-order valence-corrected chi connectivity index (χ4v) is 2.81. The van der Waals surface area contributed by atoms with Crippen molar-refractivity contribution >= 4 is 28.6 Å². The Labute approximate surface area is 128 Å². The number of anilines is 1. The predicted octanol–water partition coefficient (Wildman–Crippen LogP) is 3.97. The number of ether oxygens (including phenoxy) is 1. The fraction of sp³-hybridized carbons (Fsp3) is 0.188. The number of halogens is 1. The van der Waals surface area contributed by atoms with E-state index in [0.29, 0.717) is 17.6 Å². The minimum absolute atomic E-state index is 0.397. The third kappa shape index (κ3) is 2.21. The number of aromatic nitrogens is 2. The molecule has 2 N–H and O–H groups in total. The van der Waals surface area contributed by atoms with Crippen molar-refractivity contribution in [2.45, 2.75) is 13.8 Å². The average Bonchev–Trinajstić information content (AvgIpc) is 2.77. The minimum Gasteiger partial charge on any atom is -0.492 e. The summed E-state index contributed by atoms with van der Waals surface area (Å²) in [5.41, 5.74) is 9.65. The number of para-hydroxylation sites is 2. The summed E-state index contributed by atoms with van der Waals surface area (Å²) in [5.74, 6) is 1.12. The number of nitrogens with two attached hydrogens (primary N) is 1. The van der Waals surface area contributed by atoms with Crippen LogP contribution in [0.25, 0.3) is 16.7 Å². The number of fused-ring (bicyclic) bond motifs is 1. The largest absolute Gasteiger partial charge is 0.492 e. The highest BCUT2D eigenvalue weighted by Crippen LogP contribution is 2.33. The van der Waals surface area contributed by atoms with Gasteiger partial charge in [0, 0.05) is 0 Å². The van der Waals surface area contributed by atoms with Gasteiger partial charge in [0.05, 0.1) is 22.8 Å². The van der Waals surface area contributed by atoms with E-state index < -0.39 is 0 Å². The van der Waals surface area contributed by atoms with Crippen molar-refractivity contribution in [2.75, 3.05) is 12.3 Å². The van der Waals surface area contributed by atoms with E-state index in [1.54, 1.807) is 0 Å². The molecule has 0 aliphatic heterocycles. The quantitative estimate of drug-likeness (QED) is 0.796. The van der Waals surface area contributed by atoms with Crippen LogP contribution < -0.4 is 10.5 Å². The van der Waals surface area contributed by atoms with E-state index >= 15 is 0 Å². The minimum atomic E-state index is 0.397. The summed E-state index contributed by atoms with van der Waals surface area (Å²) in [5, 5.41) is 0.641. The number of hydrogen-bond acceptors (Lipinski definition) is 3. The molecule has 0 saturated carbocycles. The van der Waals surface area contributed by atoms with Crippen molar-refractivity contribution in [1.82, 2.24) is 9.55 Å². The second kappa shape index (κ2) is 5.30. The highest BCUT2D eigenvalue weighted by Gasteiger charge is 2.16. The van der Waals surface area contributed by atoms with E-state index in [4.69, 9.17) is 22.1 Å². The monoisotopic (exact) mass is 301 g/mol. The molecule has 0 bridgehead atoms. The number of nitrogen functional groups attached to an aromatic ring is 1. The topological polar surface area (TPSA) is 53.1 Å². The molecule has 0 radical (unpaired) electrons. The van der Waals surface area contributed by atoms with Crippen LogP contribution in [0.2, 0.25) is 5.02 Å². The molecule has 5 heteroatoms. The molecule has 0 unspecified atom stereocenters. The molecular formula is C16H16ClN3O. The lowest BCUT2D eigenvalue weighted by molar-refractivity contribution is 0.344. The van der Waals surface area contributed by atoms with Gasteiger partial charge in [0.1, 0.15) is 11.3 Å². The van der Waals surface area contributed by atoms with Crippen LogP contribution in [0.1, 0.15) is 12.5 Å². The third-order valence-corrected chi connectivity index (χ3v) is 3.69. The van der Waals surface area contributed by atoms with Gasteiger partial charge in [-0.3, -0.25) is 4.57 Å². The molecular weight excluding hydrogens is 286 g/mol. The molecule has 3 aromatic rings. The molecule has 3 rings (SSSR count). The highest BCUT2D eigenvalue weighted by atomic mass is 35.5. The van der Waals surface area contributed by atoms with Crippen molar-refractivity contribution in [3.8, 4) is 11.4 Å². The van der Waals surface area contributed by atoms with Gasteiger partial charge >= 0.3 is 0 Å². The summed E-state index contributed by atoms with van der Waals surface area (Å²) < 4.78 is 7.49. The van der Waals surface area contributed by atoms with Gasteiger partial charge in [-0.05, 0) is 37.6 Å². The van der Waals surface area contributed by atoms with Crippen LogP contribution in [0.3, 0.4) is 0 Å². The Morgan fingerprint density at radius 3 is 2.71 bits per heavy atom. The molecule has 0 saturated heterocycles. The average molecular weight is 302 g/mol. The Morgan fingerprint density at radius 2 is 2.00 bits per heavy atom. The Kier molecular flexibility index (Phi) is 3.47. The molecule has 0 aliphatic rings. The zero-order valence-corrected chi connectivity index (χ0v) is 12.7. The van der Waals surface area contributed by atoms with Crippen molar-refractivity contribution in [3.63, 3.8) is 0 Å². The van der Waals surface area contributed by atoms with E-state index in [-0.39, 0.29) is 0 Å². The normalized spacial score (nSPS) is 11.0. The Morgan fingerprint density at radius 1 is 1.24 bits per heavy atom. The second-order valence-corrected chi connectivity index (χ2v) is 5.17. The zero-order chi connectivity index (χ0) is 15.0. The first-order chi connectivity index (χ1) is 10.1. The van der Waals surface area contributed by atoms with Gasteiger partial charge in [-0.15, -0.1) is 0 Å². The fourth-order valence-electron chi connectivity index (χ4n) is 2.50. The first-order valence-electron chi connectivity index (χ1n) is 6.78. The van der Waals surface area contributed by atoms with Gasteiger partial charge < -0.3 is 10.5 Å². The summed E-state index contributed by atoms with van der Waals surface area (Å²) in [4.78, 5) is 4.45. The number of rotatable bonds is 3. The summed E-state index contributed by atoms with van der Waals surface area (Å²) in [7, 11) is 0. The first-order valence-corrected chi connectivity index (χ1v) is 7.16. The van der Waals surface area contributed by atoms with Crippen LogP contribution in [-0.2, 0) is 0 Å². The Bertz CT molecular complexity index is 790. The van der Waals surface area contributed by atoms with E-state index in [1.807, 2.05) is 54.8 Å². The number of hydrogen-bond donors (Lipinski definition) is 1. The third-order valence-electron chi connectivity index (χ3n) is 3.39. The molecule has 108 valence electrons. The SMILES string of the molecule is CCOc1cccc2c1nc(N)n2-c1c(C)cccc1Cl. The number of nitrogens with zero attached hydrogens (tertiary/aromatic N) is 2. The number of aryl methyl sites for hydroxylation is 1. The van der Waals surface area contributed by atoms with Gasteiger partial charge in [-0.1, -0.05) is 29.8 Å². The van der Waals surface area contributed by atoms with Crippen molar-refractivity contribution in [3.05, 3.63) is 47.0 Å². The lowest BCUT2D eigenvalue weighted by Gasteiger charge is -2.12. The molecule has 4 nitrogen and oxygen atoms in total. The molecule has 1 heterocycles. The van der Waals surface area contributed by atoms with Crippen LogP contribution in [0, 0.1) is 6.92 Å². The molecule has 21 heavy (non-hydrogen) atoms. The van der Waals surface area contributed by atoms with E-state index in [9.17, 15) is 0 Å². The van der Waals surface area contributed by atoms with Crippen molar-refractivity contribution in [1.29, 1.82) is 0 Å². The summed E-state index contributed by atoms with van der Waals surface area (Å²) in [6.07, 6.45) is 0. The van der Waals surface area contributed by atoms with E-state index in [2.05, 4.69) is 4.98 Å². The Hall–Kier alpha value is -2.20. The zero-order valence-electron chi connectivity index (χ0n) is 11.9. The molecule has 0 aliphatic carbocycles. The summed E-state index contributed by atoms with van der Waals surface area (Å²) in [6, 6.07) is 11.5. The first kappa shape index (κ1) is 13.8. The van der Waals surface area contributed by atoms with Crippen LogP contribution in [0.4, 0.5) is 5.95 Å². The second-order valence-electron chi connectivity index (χ2n) is 4.77. The lowest BCUT2D eigenvalue weighted by Crippen LogP contribution is -2.03. The van der Waals surface area contributed by atoms with Crippen LogP contribution in [0.15, 0.2) is 36.4 Å². The number of imidazole rings is 1. The standard InChI is InChI=1S/C16H16ClN3O/c1-3-21-13-9-5-8-12-14(13)19-16(18)20(12)15-10(2)6-4-7-11(15)17/h4-9H,3H2,1-2H3,(H2,18,19). The maximum Gasteiger partial charge on any atom is 0.206 e. The predicted molar refractivity (Wildman–Crippen MR) is 86.4 cm³/mol. The maximum absolute atomic E-state index is 6.36. The van der Waals surface area contributed by atoms with Gasteiger partial charge in [-0.25, -0.2) is 4.98 Å². The summed E-state index contributed by atoms with van der Waals surface area (Å²) >= 11 is 6.36. The maximum atomic E-state index is 6.36. The van der Waals surface area contributed by atoms with Gasteiger partial charge in [-0.2, -0.15) is 0 Å². The molecule has 2 aromatic carbocycles. The van der Waals surface area contributed by atoms with Crippen LogP contribution in [0.5, 0.6) is 5.75 Å². The lowest BCUT2D eigenvalue weighted by atomic mass is 10.2. The van der Waals surface area contributed by atoms with Gasteiger partial charge in [0.2, 0.25) is 5.95 Å². The molecule has 0 fully saturated rings. The van der Waals surface area contributed by atoms with E-state index in [1.165, 1.54) is 0 Å². The molecule has 0 spiro atoms. The van der Waals surface area contributed by atoms with Crippen molar-refractivity contribution < 1.29 is 4.74 Å². The summed E-state index contributed by atoms with van der Waals surface area (Å²) in [6.45, 7) is 4.52. The van der Waals surface area contributed by atoms with Crippen LogP contribution in [-0.4, -0.2) is 16.2 Å². The van der Waals surface area contributed by atoms with Crippen molar-refractivity contribution in [2.24, 2.45) is 0 Å². The molecule has 0 amide bonds. The van der Waals surface area contributed by atoms with Crippen LogP contribution >= 0.6 is 11.6 Å². The van der Waals surface area contributed by atoms with Gasteiger partial charge in [0.25, 0.3) is 0 Å². The smallest absolute Gasteiger partial charge is 0.206 e. The molecule has 1 aromatic heterocycles. The number of benzene rings is 2. The molecule has 0 atom stereocenters. The highest BCUT2D eigenvalue weighted by molar-refractivity contribution is 6.32. The van der Waals surface area contributed by atoms with E-state index in [0.717, 1.165) is 28.0 Å².